The minimum Gasteiger partial charge on any atom is -0.508 e. The highest BCUT2D eigenvalue weighted by atomic mass is 16.5. The standard InChI is InChI=1S/C31H32N2O3/c1-36-30-9-5-4-8-29(30)33-20-18-32(19-21-33)22-25-6-2-3-7-28(25)31(23-10-14-26(34)15-11-23)24-12-16-27(35)17-13-24/h2-17,31,34-35H,18-22H2,1H3. The molecule has 0 atom stereocenters. The summed E-state index contributed by atoms with van der Waals surface area (Å²) in [4.78, 5) is 4.91. The second-order valence-electron chi connectivity index (χ2n) is 9.25. The lowest BCUT2D eigenvalue weighted by Crippen LogP contribution is -2.46. The van der Waals surface area contributed by atoms with Gasteiger partial charge in [-0.05, 0) is 58.7 Å². The van der Waals surface area contributed by atoms with Crippen molar-refractivity contribution >= 4 is 5.69 Å². The van der Waals surface area contributed by atoms with Gasteiger partial charge in [0.2, 0.25) is 0 Å². The lowest BCUT2D eigenvalue weighted by Gasteiger charge is -2.37. The van der Waals surface area contributed by atoms with E-state index >= 15 is 0 Å². The van der Waals surface area contributed by atoms with Crippen LogP contribution in [0.3, 0.4) is 0 Å². The first-order valence-corrected chi connectivity index (χ1v) is 12.4. The molecule has 1 aliphatic rings. The number of anilines is 1. The van der Waals surface area contributed by atoms with Gasteiger partial charge in [-0.3, -0.25) is 4.90 Å². The van der Waals surface area contributed by atoms with E-state index in [0.717, 1.165) is 55.3 Å². The van der Waals surface area contributed by atoms with Crippen LogP contribution in [-0.4, -0.2) is 48.4 Å². The molecule has 5 heteroatoms. The molecular formula is C31H32N2O3. The molecule has 0 unspecified atom stereocenters. The van der Waals surface area contributed by atoms with Crippen molar-refractivity contribution in [2.75, 3.05) is 38.2 Å². The van der Waals surface area contributed by atoms with E-state index in [-0.39, 0.29) is 17.4 Å². The fraction of sp³-hybridized carbons (Fsp3) is 0.226. The topological polar surface area (TPSA) is 56.2 Å². The number of piperazine rings is 1. The van der Waals surface area contributed by atoms with Crippen molar-refractivity contribution < 1.29 is 14.9 Å². The van der Waals surface area contributed by atoms with Crippen molar-refractivity contribution in [1.82, 2.24) is 4.90 Å². The second kappa shape index (κ2) is 10.8. The number of para-hydroxylation sites is 2. The molecule has 5 rings (SSSR count). The molecular weight excluding hydrogens is 448 g/mol. The lowest BCUT2D eigenvalue weighted by molar-refractivity contribution is 0.248. The molecule has 1 fully saturated rings. The first-order valence-electron chi connectivity index (χ1n) is 12.4. The van der Waals surface area contributed by atoms with Crippen LogP contribution in [0.1, 0.15) is 28.2 Å². The highest BCUT2D eigenvalue weighted by molar-refractivity contribution is 5.58. The van der Waals surface area contributed by atoms with Gasteiger partial charge in [0.1, 0.15) is 17.2 Å². The summed E-state index contributed by atoms with van der Waals surface area (Å²) in [5.41, 5.74) is 5.88. The zero-order valence-electron chi connectivity index (χ0n) is 20.5. The summed E-state index contributed by atoms with van der Waals surface area (Å²) in [6.45, 7) is 4.69. The van der Waals surface area contributed by atoms with Crippen molar-refractivity contribution in [1.29, 1.82) is 0 Å². The Morgan fingerprint density at radius 3 is 1.86 bits per heavy atom. The van der Waals surface area contributed by atoms with Gasteiger partial charge in [0, 0.05) is 38.6 Å². The lowest BCUT2D eigenvalue weighted by atomic mass is 9.82. The van der Waals surface area contributed by atoms with E-state index in [4.69, 9.17) is 4.74 Å². The number of nitrogens with zero attached hydrogens (tertiary/aromatic N) is 2. The van der Waals surface area contributed by atoms with Gasteiger partial charge in [-0.1, -0.05) is 60.7 Å². The molecule has 0 saturated carbocycles. The second-order valence-corrected chi connectivity index (χ2v) is 9.25. The molecule has 0 bridgehead atoms. The number of hydrogen-bond donors (Lipinski definition) is 2. The largest absolute Gasteiger partial charge is 0.508 e. The minimum absolute atomic E-state index is 0.00253. The average molecular weight is 481 g/mol. The van der Waals surface area contributed by atoms with Gasteiger partial charge in [0.25, 0.3) is 0 Å². The smallest absolute Gasteiger partial charge is 0.142 e. The third kappa shape index (κ3) is 5.16. The molecule has 0 spiro atoms. The molecule has 0 amide bonds. The summed E-state index contributed by atoms with van der Waals surface area (Å²) in [5.74, 6) is 1.42. The molecule has 0 radical (unpaired) electrons. The summed E-state index contributed by atoms with van der Waals surface area (Å²) in [6, 6.07) is 31.7. The maximum Gasteiger partial charge on any atom is 0.142 e. The SMILES string of the molecule is COc1ccccc1N1CCN(Cc2ccccc2C(c2ccc(O)cc2)c2ccc(O)cc2)CC1. The van der Waals surface area contributed by atoms with Gasteiger partial charge < -0.3 is 19.8 Å². The fourth-order valence-electron chi connectivity index (χ4n) is 5.12. The summed E-state index contributed by atoms with van der Waals surface area (Å²) in [6.07, 6.45) is 0. The van der Waals surface area contributed by atoms with Gasteiger partial charge in [0.15, 0.2) is 0 Å². The highest BCUT2D eigenvalue weighted by Gasteiger charge is 2.23. The number of ether oxygens (including phenoxy) is 1. The van der Waals surface area contributed by atoms with Crippen LogP contribution in [0.4, 0.5) is 5.69 Å². The van der Waals surface area contributed by atoms with Crippen molar-refractivity contribution in [2.45, 2.75) is 12.5 Å². The van der Waals surface area contributed by atoms with E-state index < -0.39 is 0 Å². The first-order chi connectivity index (χ1) is 17.6. The van der Waals surface area contributed by atoms with Crippen molar-refractivity contribution in [3.8, 4) is 17.2 Å². The number of aromatic hydroxyl groups is 2. The molecule has 4 aromatic carbocycles. The van der Waals surface area contributed by atoms with Gasteiger partial charge in [-0.25, -0.2) is 0 Å². The van der Waals surface area contributed by atoms with Crippen molar-refractivity contribution in [2.24, 2.45) is 0 Å². The third-order valence-corrected chi connectivity index (χ3v) is 7.01. The van der Waals surface area contributed by atoms with E-state index in [2.05, 4.69) is 46.2 Å². The molecule has 184 valence electrons. The van der Waals surface area contributed by atoms with Crippen LogP contribution >= 0.6 is 0 Å². The van der Waals surface area contributed by atoms with Crippen LogP contribution in [-0.2, 0) is 6.54 Å². The van der Waals surface area contributed by atoms with Crippen LogP contribution in [0.2, 0.25) is 0 Å². The van der Waals surface area contributed by atoms with E-state index in [1.54, 1.807) is 31.4 Å². The number of methoxy groups -OCH3 is 1. The summed E-state index contributed by atoms with van der Waals surface area (Å²) in [5, 5.41) is 19.7. The zero-order chi connectivity index (χ0) is 24.9. The molecule has 4 aromatic rings. The van der Waals surface area contributed by atoms with Gasteiger partial charge in [0.05, 0.1) is 12.8 Å². The van der Waals surface area contributed by atoms with E-state index in [1.807, 2.05) is 36.4 Å². The average Bonchev–Trinajstić information content (AvgIpc) is 2.92. The minimum atomic E-state index is -0.00253. The quantitative estimate of drug-likeness (QED) is 0.337. The number of rotatable bonds is 7. The number of phenolic OH excluding ortho intramolecular Hbond substituents is 2. The predicted molar refractivity (Wildman–Crippen MR) is 144 cm³/mol. The van der Waals surface area contributed by atoms with Crippen LogP contribution in [0.15, 0.2) is 97.1 Å². The predicted octanol–water partition coefficient (Wildman–Crippen LogP) is 5.61. The fourth-order valence-corrected chi connectivity index (χ4v) is 5.12. The monoisotopic (exact) mass is 480 g/mol. The number of hydrogen-bond acceptors (Lipinski definition) is 5. The maximum absolute atomic E-state index is 9.87. The molecule has 1 heterocycles. The number of benzene rings is 4. The Morgan fingerprint density at radius 1 is 0.694 bits per heavy atom. The van der Waals surface area contributed by atoms with Crippen molar-refractivity contribution in [3.63, 3.8) is 0 Å². The van der Waals surface area contributed by atoms with Gasteiger partial charge in [-0.2, -0.15) is 0 Å². The Morgan fingerprint density at radius 2 is 1.25 bits per heavy atom. The van der Waals surface area contributed by atoms with Gasteiger partial charge >= 0.3 is 0 Å². The first kappa shape index (κ1) is 23.8. The van der Waals surface area contributed by atoms with Crippen LogP contribution in [0.25, 0.3) is 0 Å². The zero-order valence-corrected chi connectivity index (χ0v) is 20.5. The molecule has 0 aromatic heterocycles. The molecule has 5 nitrogen and oxygen atoms in total. The Labute approximate surface area is 212 Å². The Kier molecular flexibility index (Phi) is 7.10. The van der Waals surface area contributed by atoms with Gasteiger partial charge in [-0.15, -0.1) is 0 Å². The summed E-state index contributed by atoms with van der Waals surface area (Å²) < 4.78 is 5.58. The van der Waals surface area contributed by atoms with Crippen molar-refractivity contribution in [3.05, 3.63) is 119 Å². The summed E-state index contributed by atoms with van der Waals surface area (Å²) >= 11 is 0. The van der Waals surface area contributed by atoms with E-state index in [9.17, 15) is 10.2 Å². The third-order valence-electron chi connectivity index (χ3n) is 7.01. The normalized spacial score (nSPS) is 14.2. The van der Waals surface area contributed by atoms with E-state index in [0.29, 0.717) is 0 Å². The molecule has 36 heavy (non-hydrogen) atoms. The Bertz CT molecular complexity index is 1230. The van der Waals surface area contributed by atoms with Crippen LogP contribution in [0.5, 0.6) is 17.2 Å². The molecule has 0 aliphatic carbocycles. The number of phenols is 2. The molecule has 1 aliphatic heterocycles. The Hall–Kier alpha value is -3.96. The summed E-state index contributed by atoms with van der Waals surface area (Å²) in [7, 11) is 1.73. The molecule has 2 N–H and O–H groups in total. The van der Waals surface area contributed by atoms with Crippen LogP contribution in [0, 0.1) is 0 Å². The molecule has 1 saturated heterocycles. The van der Waals surface area contributed by atoms with Crippen LogP contribution < -0.4 is 9.64 Å². The highest BCUT2D eigenvalue weighted by Crippen LogP contribution is 2.36. The van der Waals surface area contributed by atoms with E-state index in [1.165, 1.54) is 11.1 Å². The maximum atomic E-state index is 9.87. The Balaban J connectivity index is 1.39.